The summed E-state index contributed by atoms with van der Waals surface area (Å²) in [5.74, 6) is 0.331. The Labute approximate surface area is 74.3 Å². The van der Waals surface area contributed by atoms with Gasteiger partial charge < -0.3 is 10.5 Å². The maximum absolute atomic E-state index is 11.1. The van der Waals surface area contributed by atoms with Crippen molar-refractivity contribution < 1.29 is 9.53 Å². The van der Waals surface area contributed by atoms with Gasteiger partial charge in [-0.2, -0.15) is 0 Å². The number of methoxy groups -OCH3 is 1. The highest BCUT2D eigenvalue weighted by Crippen LogP contribution is 2.18. The molecule has 0 aliphatic rings. The zero-order valence-corrected chi connectivity index (χ0v) is 8.33. The van der Waals surface area contributed by atoms with Crippen molar-refractivity contribution in [2.45, 2.75) is 33.2 Å². The summed E-state index contributed by atoms with van der Waals surface area (Å²) in [7, 11) is 1.37. The molecule has 0 rings (SSSR count). The van der Waals surface area contributed by atoms with Gasteiger partial charge in [0.05, 0.1) is 7.11 Å². The summed E-state index contributed by atoms with van der Waals surface area (Å²) in [5, 5.41) is 0. The van der Waals surface area contributed by atoms with Crippen LogP contribution in [0.4, 0.5) is 0 Å². The van der Waals surface area contributed by atoms with E-state index in [0.29, 0.717) is 5.92 Å². The van der Waals surface area contributed by atoms with Crippen LogP contribution in [0.5, 0.6) is 0 Å². The van der Waals surface area contributed by atoms with Gasteiger partial charge in [0.25, 0.3) is 0 Å². The van der Waals surface area contributed by atoms with E-state index in [1.165, 1.54) is 7.11 Å². The fourth-order valence-corrected chi connectivity index (χ4v) is 1.45. The third kappa shape index (κ3) is 2.81. The van der Waals surface area contributed by atoms with Crippen LogP contribution in [0, 0.1) is 11.8 Å². The second-order valence-corrected chi connectivity index (χ2v) is 3.37. The van der Waals surface area contributed by atoms with Crippen molar-refractivity contribution in [1.29, 1.82) is 0 Å². The molecule has 12 heavy (non-hydrogen) atoms. The van der Waals surface area contributed by atoms with E-state index in [-0.39, 0.29) is 11.9 Å². The predicted molar refractivity (Wildman–Crippen MR) is 48.6 cm³/mol. The Kier molecular flexibility index (Phi) is 4.90. The Morgan fingerprint density at radius 2 is 2.00 bits per heavy atom. The van der Waals surface area contributed by atoms with Gasteiger partial charge in [-0.1, -0.05) is 27.2 Å². The second kappa shape index (κ2) is 5.14. The van der Waals surface area contributed by atoms with E-state index in [2.05, 4.69) is 18.6 Å². The molecule has 0 aromatic heterocycles. The first-order valence-corrected chi connectivity index (χ1v) is 4.38. The zero-order chi connectivity index (χ0) is 9.72. The number of nitrogens with two attached hydrogens (primary N) is 1. The molecule has 0 saturated carbocycles. The fraction of sp³-hybridized carbons (Fsp3) is 0.889. The first kappa shape index (κ1) is 11.4. The summed E-state index contributed by atoms with van der Waals surface area (Å²) < 4.78 is 4.58. The third-order valence-electron chi connectivity index (χ3n) is 2.26. The molecule has 2 N–H and O–H groups in total. The van der Waals surface area contributed by atoms with E-state index in [1.807, 2.05) is 6.92 Å². The Bertz CT molecular complexity index is 145. The lowest BCUT2D eigenvalue weighted by atomic mass is 9.87. The molecule has 72 valence electrons. The van der Waals surface area contributed by atoms with E-state index in [0.717, 1.165) is 6.42 Å². The highest BCUT2D eigenvalue weighted by atomic mass is 16.5. The number of esters is 1. The Morgan fingerprint density at radius 1 is 1.50 bits per heavy atom. The predicted octanol–water partition coefficient (Wildman–Crippen LogP) is 1.17. The maximum Gasteiger partial charge on any atom is 0.322 e. The van der Waals surface area contributed by atoms with Crippen LogP contribution in [0.2, 0.25) is 0 Å². The minimum absolute atomic E-state index is 0.220. The van der Waals surface area contributed by atoms with E-state index in [9.17, 15) is 4.79 Å². The highest BCUT2D eigenvalue weighted by Gasteiger charge is 2.26. The van der Waals surface area contributed by atoms with Gasteiger partial charge in [0.1, 0.15) is 6.04 Å². The van der Waals surface area contributed by atoms with Crippen molar-refractivity contribution in [3.8, 4) is 0 Å². The van der Waals surface area contributed by atoms with Crippen LogP contribution in [0.25, 0.3) is 0 Å². The largest absolute Gasteiger partial charge is 0.468 e. The molecule has 0 radical (unpaired) electrons. The summed E-state index contributed by atoms with van der Waals surface area (Å²) >= 11 is 0. The third-order valence-corrected chi connectivity index (χ3v) is 2.26. The summed E-state index contributed by atoms with van der Waals surface area (Å²) in [6.45, 7) is 6.17. The molecule has 0 aromatic rings. The lowest BCUT2D eigenvalue weighted by Gasteiger charge is -2.23. The van der Waals surface area contributed by atoms with Crippen LogP contribution >= 0.6 is 0 Å². The Morgan fingerprint density at radius 3 is 2.25 bits per heavy atom. The summed E-state index contributed by atoms with van der Waals surface area (Å²) in [4.78, 5) is 11.1. The number of carbonyl (C=O) groups is 1. The molecule has 0 aromatic carbocycles. The molecule has 0 heterocycles. The molecular weight excluding hydrogens is 154 g/mol. The summed E-state index contributed by atoms with van der Waals surface area (Å²) in [5.41, 5.74) is 5.71. The van der Waals surface area contributed by atoms with E-state index in [1.54, 1.807) is 0 Å². The monoisotopic (exact) mass is 173 g/mol. The van der Waals surface area contributed by atoms with Gasteiger partial charge in [0, 0.05) is 0 Å². The van der Waals surface area contributed by atoms with Crippen LogP contribution in [0.15, 0.2) is 0 Å². The van der Waals surface area contributed by atoms with Gasteiger partial charge in [0.2, 0.25) is 0 Å². The standard InChI is InChI=1S/C9H19NO2/c1-5-7(6(2)3)8(10)9(11)12-4/h6-8H,5,10H2,1-4H3. The quantitative estimate of drug-likeness (QED) is 0.649. The normalized spacial score (nSPS) is 15.8. The van der Waals surface area contributed by atoms with Crippen molar-refractivity contribution in [3.63, 3.8) is 0 Å². The molecule has 3 nitrogen and oxygen atoms in total. The second-order valence-electron chi connectivity index (χ2n) is 3.37. The smallest absolute Gasteiger partial charge is 0.322 e. The summed E-state index contributed by atoms with van der Waals surface area (Å²) in [6, 6.07) is -0.472. The minimum Gasteiger partial charge on any atom is -0.468 e. The highest BCUT2D eigenvalue weighted by molar-refractivity contribution is 5.75. The van der Waals surface area contributed by atoms with Crippen molar-refractivity contribution in [3.05, 3.63) is 0 Å². The molecular formula is C9H19NO2. The summed E-state index contributed by atoms with van der Waals surface area (Å²) in [6.07, 6.45) is 0.911. The van der Waals surface area contributed by atoms with E-state index >= 15 is 0 Å². The Balaban J connectivity index is 4.20. The number of ether oxygens (including phenoxy) is 1. The molecule has 0 saturated heterocycles. The number of hydrogen-bond donors (Lipinski definition) is 1. The molecule has 0 fully saturated rings. The average molecular weight is 173 g/mol. The van der Waals surface area contributed by atoms with Crippen LogP contribution < -0.4 is 5.73 Å². The molecule has 0 amide bonds. The molecule has 0 spiro atoms. The first-order chi connectivity index (χ1) is 5.54. The van der Waals surface area contributed by atoms with Gasteiger partial charge in [-0.25, -0.2) is 0 Å². The van der Waals surface area contributed by atoms with E-state index in [4.69, 9.17) is 5.73 Å². The topological polar surface area (TPSA) is 52.3 Å². The maximum atomic E-state index is 11.1. The SMILES string of the molecule is CCC(C(C)C)C(N)C(=O)OC. The molecule has 0 bridgehead atoms. The molecule has 2 atom stereocenters. The zero-order valence-electron chi connectivity index (χ0n) is 8.33. The number of rotatable bonds is 4. The molecule has 0 aliphatic heterocycles. The van der Waals surface area contributed by atoms with Crippen molar-refractivity contribution >= 4 is 5.97 Å². The number of carbonyl (C=O) groups excluding carboxylic acids is 1. The van der Waals surface area contributed by atoms with Gasteiger partial charge in [0.15, 0.2) is 0 Å². The first-order valence-electron chi connectivity index (χ1n) is 4.38. The van der Waals surface area contributed by atoms with Gasteiger partial charge in [-0.3, -0.25) is 4.79 Å². The van der Waals surface area contributed by atoms with Gasteiger partial charge >= 0.3 is 5.97 Å². The van der Waals surface area contributed by atoms with Crippen LogP contribution in [0.1, 0.15) is 27.2 Å². The van der Waals surface area contributed by atoms with Crippen molar-refractivity contribution in [2.75, 3.05) is 7.11 Å². The Hall–Kier alpha value is -0.570. The average Bonchev–Trinajstić information content (AvgIpc) is 2.03. The van der Waals surface area contributed by atoms with Crippen molar-refractivity contribution in [2.24, 2.45) is 17.6 Å². The fourth-order valence-electron chi connectivity index (χ4n) is 1.45. The van der Waals surface area contributed by atoms with Gasteiger partial charge in [-0.05, 0) is 11.8 Å². The lowest BCUT2D eigenvalue weighted by Crippen LogP contribution is -2.41. The minimum atomic E-state index is -0.472. The lowest BCUT2D eigenvalue weighted by molar-refractivity contribution is -0.144. The van der Waals surface area contributed by atoms with Gasteiger partial charge in [-0.15, -0.1) is 0 Å². The molecule has 0 aliphatic carbocycles. The van der Waals surface area contributed by atoms with Crippen molar-refractivity contribution in [1.82, 2.24) is 0 Å². The van der Waals surface area contributed by atoms with Crippen LogP contribution in [-0.2, 0) is 9.53 Å². The van der Waals surface area contributed by atoms with E-state index < -0.39 is 6.04 Å². The molecule has 2 unspecified atom stereocenters. The molecule has 3 heteroatoms. The number of hydrogen-bond acceptors (Lipinski definition) is 3. The van der Waals surface area contributed by atoms with Crippen LogP contribution in [0.3, 0.4) is 0 Å². The van der Waals surface area contributed by atoms with Crippen LogP contribution in [-0.4, -0.2) is 19.1 Å².